The molecule has 1 aromatic carbocycles. The molecule has 3 rings (SSSR count). The van der Waals surface area contributed by atoms with E-state index >= 15 is 0 Å². The zero-order valence-corrected chi connectivity index (χ0v) is 12.0. The van der Waals surface area contributed by atoms with E-state index in [1.54, 1.807) is 0 Å². The lowest BCUT2D eigenvalue weighted by Gasteiger charge is -2.24. The Kier molecular flexibility index (Phi) is 3.90. The van der Waals surface area contributed by atoms with Crippen LogP contribution in [0.4, 0.5) is 11.4 Å². The van der Waals surface area contributed by atoms with Gasteiger partial charge in [0.05, 0.1) is 29.9 Å². The van der Waals surface area contributed by atoms with Crippen LogP contribution in [-0.4, -0.2) is 22.6 Å². The van der Waals surface area contributed by atoms with Crippen molar-refractivity contribution in [3.8, 4) is 0 Å². The molecule has 1 aromatic heterocycles. The summed E-state index contributed by atoms with van der Waals surface area (Å²) in [5.74, 6) is 0. The van der Waals surface area contributed by atoms with Gasteiger partial charge in [-0.2, -0.15) is 0 Å². The van der Waals surface area contributed by atoms with Crippen molar-refractivity contribution < 1.29 is 0 Å². The third-order valence-corrected chi connectivity index (χ3v) is 3.78. The molecule has 106 valence electrons. The molecule has 0 amide bonds. The minimum atomic E-state index is 0.929. The van der Waals surface area contributed by atoms with Crippen LogP contribution < -0.4 is 10.2 Å². The van der Waals surface area contributed by atoms with Crippen molar-refractivity contribution in [2.45, 2.75) is 32.9 Å². The molecule has 1 aliphatic rings. The second kappa shape index (κ2) is 5.99. The Hall–Kier alpha value is -1.97. The number of anilines is 2. The molecule has 0 bridgehead atoms. The molecular weight excluding hydrogens is 248 g/mol. The molecule has 0 saturated carbocycles. The van der Waals surface area contributed by atoms with E-state index in [1.165, 1.54) is 17.1 Å². The number of benzene rings is 1. The summed E-state index contributed by atoms with van der Waals surface area (Å²) in [4.78, 5) is 6.76. The summed E-state index contributed by atoms with van der Waals surface area (Å²) in [5, 5.41) is 3.51. The van der Waals surface area contributed by atoms with E-state index < -0.39 is 0 Å². The van der Waals surface area contributed by atoms with E-state index in [1.807, 2.05) is 12.5 Å². The second-order valence-electron chi connectivity index (χ2n) is 5.30. The molecule has 2 heterocycles. The highest BCUT2D eigenvalue weighted by molar-refractivity contribution is 5.70. The largest absolute Gasteiger partial charge is 0.383 e. The van der Waals surface area contributed by atoms with Crippen molar-refractivity contribution >= 4 is 11.4 Å². The lowest BCUT2D eigenvalue weighted by Crippen LogP contribution is -2.24. The maximum Gasteiger partial charge on any atom is 0.0948 e. The van der Waals surface area contributed by atoms with Gasteiger partial charge in [-0.05, 0) is 25.0 Å². The van der Waals surface area contributed by atoms with Gasteiger partial charge in [0.25, 0.3) is 0 Å². The van der Waals surface area contributed by atoms with Crippen LogP contribution in [0.25, 0.3) is 0 Å². The Balaban J connectivity index is 1.85. The maximum absolute atomic E-state index is 4.31. The van der Waals surface area contributed by atoms with Gasteiger partial charge in [-0.3, -0.25) is 0 Å². The summed E-state index contributed by atoms with van der Waals surface area (Å²) in [5.41, 5.74) is 3.84. The quantitative estimate of drug-likeness (QED) is 0.926. The molecule has 2 aromatic rings. The summed E-state index contributed by atoms with van der Waals surface area (Å²) in [6.07, 6.45) is 6.25. The summed E-state index contributed by atoms with van der Waals surface area (Å²) in [6.45, 7) is 6.31. The molecule has 4 heteroatoms. The number of nitrogens with zero attached hydrogens (tertiary/aromatic N) is 3. The van der Waals surface area contributed by atoms with E-state index in [0.29, 0.717) is 0 Å². The van der Waals surface area contributed by atoms with E-state index in [4.69, 9.17) is 0 Å². The van der Waals surface area contributed by atoms with Crippen molar-refractivity contribution in [3.63, 3.8) is 0 Å². The molecular formula is C16H22N4. The number of hydrogen-bond donors (Lipinski definition) is 1. The Labute approximate surface area is 120 Å². The van der Waals surface area contributed by atoms with Gasteiger partial charge >= 0.3 is 0 Å². The van der Waals surface area contributed by atoms with Gasteiger partial charge in [-0.15, -0.1) is 0 Å². The van der Waals surface area contributed by atoms with Crippen LogP contribution >= 0.6 is 0 Å². The molecule has 0 atom stereocenters. The maximum atomic E-state index is 4.31. The number of aromatic nitrogens is 2. The molecule has 1 aliphatic heterocycles. The first-order chi connectivity index (χ1) is 9.88. The monoisotopic (exact) mass is 270 g/mol. The van der Waals surface area contributed by atoms with Crippen LogP contribution in [0.5, 0.6) is 0 Å². The van der Waals surface area contributed by atoms with Gasteiger partial charge in [-0.1, -0.05) is 19.1 Å². The smallest absolute Gasteiger partial charge is 0.0948 e. The third-order valence-electron chi connectivity index (χ3n) is 3.78. The predicted molar refractivity (Wildman–Crippen MR) is 83.1 cm³/mol. The van der Waals surface area contributed by atoms with Gasteiger partial charge in [0.1, 0.15) is 0 Å². The lowest BCUT2D eigenvalue weighted by molar-refractivity contribution is 0.630. The normalized spacial score (nSPS) is 14.6. The Morgan fingerprint density at radius 2 is 2.20 bits per heavy atom. The SMILES string of the molecule is CCCn1cncc1CN1CCCNc2ccccc21. The van der Waals surface area contributed by atoms with Crippen LogP contribution in [0.2, 0.25) is 0 Å². The topological polar surface area (TPSA) is 33.1 Å². The number of imidazole rings is 1. The van der Waals surface area contributed by atoms with Gasteiger partial charge < -0.3 is 14.8 Å². The number of para-hydroxylation sites is 2. The molecule has 0 fully saturated rings. The minimum absolute atomic E-state index is 0.929. The fourth-order valence-corrected chi connectivity index (χ4v) is 2.79. The zero-order valence-electron chi connectivity index (χ0n) is 12.0. The number of aryl methyl sites for hydroxylation is 1. The summed E-state index contributed by atoms with van der Waals surface area (Å²) in [7, 11) is 0. The van der Waals surface area contributed by atoms with Gasteiger partial charge in [0.15, 0.2) is 0 Å². The molecule has 0 unspecified atom stereocenters. The van der Waals surface area contributed by atoms with E-state index in [2.05, 4.69) is 51.0 Å². The summed E-state index contributed by atoms with van der Waals surface area (Å²) < 4.78 is 2.26. The highest BCUT2D eigenvalue weighted by atomic mass is 15.2. The first-order valence-corrected chi connectivity index (χ1v) is 7.45. The average Bonchev–Trinajstić information content (AvgIpc) is 2.80. The number of nitrogens with one attached hydrogen (secondary N) is 1. The lowest BCUT2D eigenvalue weighted by atomic mass is 10.2. The molecule has 1 N–H and O–H groups in total. The van der Waals surface area contributed by atoms with Crippen molar-refractivity contribution in [1.29, 1.82) is 0 Å². The van der Waals surface area contributed by atoms with Crippen LogP contribution in [-0.2, 0) is 13.1 Å². The number of rotatable bonds is 4. The first-order valence-electron chi connectivity index (χ1n) is 7.45. The Morgan fingerprint density at radius 3 is 3.10 bits per heavy atom. The van der Waals surface area contributed by atoms with E-state index in [9.17, 15) is 0 Å². The highest BCUT2D eigenvalue weighted by Crippen LogP contribution is 2.29. The van der Waals surface area contributed by atoms with Crippen molar-refractivity contribution in [2.24, 2.45) is 0 Å². The highest BCUT2D eigenvalue weighted by Gasteiger charge is 2.16. The second-order valence-corrected chi connectivity index (χ2v) is 5.30. The molecule has 0 aliphatic carbocycles. The van der Waals surface area contributed by atoms with E-state index in [0.717, 1.165) is 39.0 Å². The number of fused-ring (bicyclic) bond motifs is 1. The average molecular weight is 270 g/mol. The first kappa shape index (κ1) is 13.0. The predicted octanol–water partition coefficient (Wildman–Crippen LogP) is 3.12. The van der Waals surface area contributed by atoms with Gasteiger partial charge in [0.2, 0.25) is 0 Å². The van der Waals surface area contributed by atoms with Crippen molar-refractivity contribution in [2.75, 3.05) is 23.3 Å². The summed E-state index contributed by atoms with van der Waals surface area (Å²) in [6, 6.07) is 8.57. The fraction of sp³-hybridized carbons (Fsp3) is 0.438. The third kappa shape index (κ3) is 2.64. The van der Waals surface area contributed by atoms with Crippen LogP contribution in [0, 0.1) is 0 Å². The fourth-order valence-electron chi connectivity index (χ4n) is 2.79. The van der Waals surface area contributed by atoms with Crippen LogP contribution in [0.15, 0.2) is 36.8 Å². The van der Waals surface area contributed by atoms with Crippen molar-refractivity contribution in [3.05, 3.63) is 42.5 Å². The number of hydrogen-bond acceptors (Lipinski definition) is 3. The zero-order chi connectivity index (χ0) is 13.8. The molecule has 0 saturated heterocycles. The van der Waals surface area contributed by atoms with Gasteiger partial charge in [0, 0.05) is 25.8 Å². The molecule has 0 spiro atoms. The molecule has 4 nitrogen and oxygen atoms in total. The van der Waals surface area contributed by atoms with Crippen LogP contribution in [0.1, 0.15) is 25.5 Å². The summed E-state index contributed by atoms with van der Waals surface area (Å²) >= 11 is 0. The van der Waals surface area contributed by atoms with Crippen LogP contribution in [0.3, 0.4) is 0 Å². The van der Waals surface area contributed by atoms with Gasteiger partial charge in [-0.25, -0.2) is 4.98 Å². The molecule has 20 heavy (non-hydrogen) atoms. The van der Waals surface area contributed by atoms with Crippen molar-refractivity contribution in [1.82, 2.24) is 9.55 Å². The Morgan fingerprint density at radius 1 is 1.30 bits per heavy atom. The Bertz CT molecular complexity index is 561. The minimum Gasteiger partial charge on any atom is -0.383 e. The standard InChI is InChI=1S/C16H22N4/c1-2-9-20-13-17-11-14(20)12-19-10-5-8-18-15-6-3-4-7-16(15)19/h3-4,6-7,11,13,18H,2,5,8-10,12H2,1H3. The van der Waals surface area contributed by atoms with E-state index in [-0.39, 0.29) is 0 Å². The molecule has 0 radical (unpaired) electrons.